The van der Waals surface area contributed by atoms with Crippen LogP contribution in [-0.2, 0) is 16.4 Å². The lowest BCUT2D eigenvalue weighted by molar-refractivity contribution is 0.202. The predicted octanol–water partition coefficient (Wildman–Crippen LogP) is 0.254. The van der Waals surface area contributed by atoms with Crippen molar-refractivity contribution >= 4 is 26.9 Å². The number of aromatic nitrogens is 2. The molecule has 2 atom stereocenters. The number of amides is 2. The molecule has 0 bridgehead atoms. The van der Waals surface area contributed by atoms with Crippen molar-refractivity contribution < 1.29 is 13.2 Å². The number of para-hydroxylation sites is 2. The van der Waals surface area contributed by atoms with Gasteiger partial charge in [0.15, 0.2) is 9.84 Å². The Hall–Kier alpha value is -2.09. The fraction of sp³-hybridized carbons (Fsp3) is 0.385. The Bertz CT molecular complexity index is 796. The maximum atomic E-state index is 12.0. The van der Waals surface area contributed by atoms with Gasteiger partial charge in [-0.3, -0.25) is 0 Å². The fourth-order valence-electron chi connectivity index (χ4n) is 3.10. The first-order chi connectivity index (χ1) is 10.0. The number of hydrogen-bond donors (Lipinski definition) is 2. The lowest BCUT2D eigenvalue weighted by atomic mass is 10.2. The van der Waals surface area contributed by atoms with E-state index in [2.05, 4.69) is 15.3 Å². The molecular formula is C13H14N4O3S. The molecule has 0 aliphatic carbocycles. The number of nitrogens with zero attached hydrogens (tertiary/aromatic N) is 2. The average molecular weight is 306 g/mol. The summed E-state index contributed by atoms with van der Waals surface area (Å²) in [6.45, 7) is 0.289. The van der Waals surface area contributed by atoms with Crippen molar-refractivity contribution in [1.29, 1.82) is 0 Å². The third-order valence-electron chi connectivity index (χ3n) is 4.05. The van der Waals surface area contributed by atoms with Gasteiger partial charge < -0.3 is 15.2 Å². The van der Waals surface area contributed by atoms with Gasteiger partial charge in [-0.2, -0.15) is 0 Å². The number of sulfone groups is 1. The molecule has 0 saturated carbocycles. The van der Waals surface area contributed by atoms with Gasteiger partial charge in [0, 0.05) is 0 Å². The first kappa shape index (κ1) is 12.6. The van der Waals surface area contributed by atoms with Gasteiger partial charge >= 0.3 is 6.03 Å². The molecule has 2 N–H and O–H groups in total. The molecule has 2 amide bonds. The number of aromatic amines is 1. The van der Waals surface area contributed by atoms with Crippen molar-refractivity contribution in [2.75, 3.05) is 11.5 Å². The smallest absolute Gasteiger partial charge is 0.318 e. The number of fused-ring (bicyclic) bond motifs is 2. The van der Waals surface area contributed by atoms with Gasteiger partial charge in [-0.15, -0.1) is 0 Å². The zero-order chi connectivity index (χ0) is 14.6. The van der Waals surface area contributed by atoms with E-state index in [1.807, 2.05) is 24.3 Å². The monoisotopic (exact) mass is 306 g/mol. The second-order valence-corrected chi connectivity index (χ2v) is 7.68. The van der Waals surface area contributed by atoms with Crippen LogP contribution in [0.15, 0.2) is 24.3 Å². The standard InChI is InChI=1S/C13H14N4O3S/c18-13-16-10-6-21(19,20)7-11(10)17(13)5-12-14-8-3-1-2-4-9(8)15-12/h1-4,10-11H,5-7H2,(H,14,15)(H,16,18)/t10-,11-/m1/s1. The summed E-state index contributed by atoms with van der Waals surface area (Å²) in [5.41, 5.74) is 1.74. The molecule has 21 heavy (non-hydrogen) atoms. The molecular weight excluding hydrogens is 292 g/mol. The zero-order valence-electron chi connectivity index (χ0n) is 11.1. The summed E-state index contributed by atoms with van der Waals surface area (Å²) in [6.07, 6.45) is 0. The van der Waals surface area contributed by atoms with Crippen molar-refractivity contribution in [3.8, 4) is 0 Å². The number of imidazole rings is 1. The molecule has 1 aromatic carbocycles. The zero-order valence-corrected chi connectivity index (χ0v) is 11.9. The Morgan fingerprint density at radius 3 is 2.90 bits per heavy atom. The number of benzene rings is 1. The van der Waals surface area contributed by atoms with E-state index in [-0.39, 0.29) is 36.2 Å². The van der Waals surface area contributed by atoms with Crippen LogP contribution in [-0.4, -0.2) is 52.9 Å². The second-order valence-electron chi connectivity index (χ2n) is 5.53. The molecule has 2 fully saturated rings. The summed E-state index contributed by atoms with van der Waals surface area (Å²) in [5, 5.41) is 2.74. The molecule has 110 valence electrons. The van der Waals surface area contributed by atoms with Gasteiger partial charge in [0.05, 0.1) is 41.2 Å². The largest absolute Gasteiger partial charge is 0.340 e. The van der Waals surface area contributed by atoms with E-state index in [4.69, 9.17) is 0 Å². The highest BCUT2D eigenvalue weighted by atomic mass is 32.2. The van der Waals surface area contributed by atoms with Crippen molar-refractivity contribution in [2.24, 2.45) is 0 Å². The van der Waals surface area contributed by atoms with Crippen molar-refractivity contribution in [2.45, 2.75) is 18.6 Å². The average Bonchev–Trinajstić information content (AvgIpc) is 3.02. The van der Waals surface area contributed by atoms with Crippen LogP contribution in [0.2, 0.25) is 0 Å². The van der Waals surface area contributed by atoms with Gasteiger partial charge in [0.1, 0.15) is 5.82 Å². The molecule has 2 saturated heterocycles. The molecule has 7 nitrogen and oxygen atoms in total. The van der Waals surface area contributed by atoms with E-state index in [0.717, 1.165) is 11.0 Å². The highest BCUT2D eigenvalue weighted by Gasteiger charge is 2.48. The minimum Gasteiger partial charge on any atom is -0.340 e. The summed E-state index contributed by atoms with van der Waals surface area (Å²) in [6, 6.07) is 6.80. The van der Waals surface area contributed by atoms with Crippen LogP contribution in [0.25, 0.3) is 11.0 Å². The highest BCUT2D eigenvalue weighted by molar-refractivity contribution is 7.91. The molecule has 8 heteroatoms. The quantitative estimate of drug-likeness (QED) is 0.778. The van der Waals surface area contributed by atoms with Gasteiger partial charge in [0.25, 0.3) is 0 Å². The maximum Gasteiger partial charge on any atom is 0.318 e. The minimum atomic E-state index is -3.07. The maximum absolute atomic E-state index is 12.0. The van der Waals surface area contributed by atoms with Crippen molar-refractivity contribution in [1.82, 2.24) is 20.2 Å². The Morgan fingerprint density at radius 1 is 1.29 bits per heavy atom. The molecule has 1 aromatic heterocycles. The number of rotatable bonds is 2. The highest BCUT2D eigenvalue weighted by Crippen LogP contribution is 2.25. The molecule has 3 heterocycles. The summed E-state index contributed by atoms with van der Waals surface area (Å²) in [4.78, 5) is 21.2. The van der Waals surface area contributed by atoms with E-state index in [1.165, 1.54) is 0 Å². The topological polar surface area (TPSA) is 95.2 Å². The van der Waals surface area contributed by atoms with Gasteiger partial charge in [-0.05, 0) is 12.1 Å². The lowest BCUT2D eigenvalue weighted by Crippen LogP contribution is -2.36. The third kappa shape index (κ3) is 2.06. The van der Waals surface area contributed by atoms with Crippen LogP contribution in [0.1, 0.15) is 5.82 Å². The van der Waals surface area contributed by atoms with Crippen LogP contribution in [0.3, 0.4) is 0 Å². The molecule has 0 unspecified atom stereocenters. The number of nitrogens with one attached hydrogen (secondary N) is 2. The Kier molecular flexibility index (Phi) is 2.53. The molecule has 0 radical (unpaired) electrons. The van der Waals surface area contributed by atoms with E-state index in [9.17, 15) is 13.2 Å². The van der Waals surface area contributed by atoms with Gasteiger partial charge in [-0.25, -0.2) is 18.2 Å². The number of H-pyrrole nitrogens is 1. The third-order valence-corrected chi connectivity index (χ3v) is 5.77. The Balaban J connectivity index is 1.62. The van der Waals surface area contributed by atoms with E-state index in [0.29, 0.717) is 5.82 Å². The van der Waals surface area contributed by atoms with Gasteiger partial charge in [-0.1, -0.05) is 12.1 Å². The summed E-state index contributed by atoms with van der Waals surface area (Å²) in [5.74, 6) is 0.715. The molecule has 4 rings (SSSR count). The molecule has 2 aliphatic heterocycles. The van der Waals surface area contributed by atoms with Crippen LogP contribution in [0, 0.1) is 0 Å². The van der Waals surface area contributed by atoms with E-state index < -0.39 is 9.84 Å². The Morgan fingerprint density at radius 2 is 2.10 bits per heavy atom. The number of hydrogen-bond acceptors (Lipinski definition) is 4. The first-order valence-electron chi connectivity index (χ1n) is 6.73. The number of urea groups is 1. The summed E-state index contributed by atoms with van der Waals surface area (Å²) < 4.78 is 23.4. The Labute approximate surface area is 121 Å². The normalized spacial score (nSPS) is 27.0. The lowest BCUT2D eigenvalue weighted by Gasteiger charge is -2.19. The summed E-state index contributed by atoms with van der Waals surface area (Å²) in [7, 11) is -3.07. The fourth-order valence-corrected chi connectivity index (χ4v) is 5.02. The van der Waals surface area contributed by atoms with Crippen LogP contribution < -0.4 is 5.32 Å². The second kappa shape index (κ2) is 4.20. The predicted molar refractivity (Wildman–Crippen MR) is 76.4 cm³/mol. The SMILES string of the molecule is O=C1N[C@@H]2CS(=O)(=O)C[C@H]2N1Cc1nc2ccccc2[nH]1. The molecule has 2 aromatic rings. The summed E-state index contributed by atoms with van der Waals surface area (Å²) >= 11 is 0. The number of carbonyl (C=O) groups is 1. The van der Waals surface area contributed by atoms with Crippen molar-refractivity contribution in [3.63, 3.8) is 0 Å². The first-order valence-corrected chi connectivity index (χ1v) is 8.55. The minimum absolute atomic E-state index is 0.0244. The van der Waals surface area contributed by atoms with Crippen LogP contribution in [0.4, 0.5) is 4.79 Å². The van der Waals surface area contributed by atoms with E-state index in [1.54, 1.807) is 4.90 Å². The van der Waals surface area contributed by atoms with Crippen molar-refractivity contribution in [3.05, 3.63) is 30.1 Å². The van der Waals surface area contributed by atoms with Gasteiger partial charge in [0.2, 0.25) is 0 Å². The number of carbonyl (C=O) groups excluding carboxylic acids is 1. The van der Waals surface area contributed by atoms with Crippen LogP contribution >= 0.6 is 0 Å². The molecule has 2 aliphatic rings. The van der Waals surface area contributed by atoms with E-state index >= 15 is 0 Å². The molecule has 0 spiro atoms. The van der Waals surface area contributed by atoms with Crippen LogP contribution in [0.5, 0.6) is 0 Å².